The number of hydrogen-bond donors (Lipinski definition) is 0. The van der Waals surface area contributed by atoms with Crippen LogP contribution in [0.1, 0.15) is 0 Å². The normalized spacial score (nSPS) is 9.25. The lowest BCUT2D eigenvalue weighted by molar-refractivity contribution is 1.11. The van der Waals surface area contributed by atoms with Gasteiger partial charge in [0.2, 0.25) is 0 Å². The molecule has 0 spiro atoms. The molecule has 0 aromatic carbocycles. The van der Waals surface area contributed by atoms with Gasteiger partial charge in [-0.3, -0.25) is 0 Å². The van der Waals surface area contributed by atoms with Gasteiger partial charge in [-0.05, 0) is 22.0 Å². The average Bonchev–Trinajstić information content (AvgIpc) is 1.64. The van der Waals surface area contributed by atoms with Crippen LogP contribution < -0.4 is 0 Å². The highest BCUT2D eigenvalue weighted by Crippen LogP contribution is 2.05. The van der Waals surface area contributed by atoms with E-state index in [4.69, 9.17) is 11.6 Å². The van der Waals surface area contributed by atoms with Gasteiger partial charge in [0.15, 0.2) is 4.73 Å². The molecule has 4 heteroatoms. The van der Waals surface area contributed by atoms with Gasteiger partial charge in [0, 0.05) is 6.20 Å². The van der Waals surface area contributed by atoms with Gasteiger partial charge in [-0.1, -0.05) is 11.6 Å². The molecule has 1 aromatic heterocycles. The molecule has 0 aliphatic rings. The van der Waals surface area contributed by atoms with Crippen LogP contribution in [-0.4, -0.2) is 9.97 Å². The predicted molar refractivity (Wildman–Crippen MR) is 34.7 cm³/mol. The Morgan fingerprint density at radius 3 is 2.75 bits per heavy atom. The minimum atomic E-state index is 0.451. The van der Waals surface area contributed by atoms with Crippen LogP contribution in [0, 0.1) is 0 Å². The standard InChI is InChI=1S/C4H2BrClN2/c5-4-7-2-1-3(6)8-4/h1-2H. The lowest BCUT2D eigenvalue weighted by atomic mass is 10.7. The third-order valence-electron chi connectivity index (χ3n) is 0.592. The summed E-state index contributed by atoms with van der Waals surface area (Å²) in [6.07, 6.45) is 1.58. The van der Waals surface area contributed by atoms with Crippen molar-refractivity contribution in [1.29, 1.82) is 0 Å². The summed E-state index contributed by atoms with van der Waals surface area (Å²) in [5.41, 5.74) is 0. The number of nitrogens with zero attached hydrogens (tertiary/aromatic N) is 2. The zero-order valence-corrected chi connectivity index (χ0v) is 6.15. The molecule has 0 N–H and O–H groups in total. The van der Waals surface area contributed by atoms with Gasteiger partial charge in [0.05, 0.1) is 0 Å². The van der Waals surface area contributed by atoms with Crippen LogP contribution in [-0.2, 0) is 0 Å². The van der Waals surface area contributed by atoms with E-state index in [0.29, 0.717) is 9.89 Å². The largest absolute Gasteiger partial charge is 0.231 e. The second kappa shape index (κ2) is 2.42. The van der Waals surface area contributed by atoms with Crippen molar-refractivity contribution in [3.05, 3.63) is 22.1 Å². The van der Waals surface area contributed by atoms with Crippen molar-refractivity contribution in [3.63, 3.8) is 0 Å². The summed E-state index contributed by atoms with van der Waals surface area (Å²) in [6, 6.07) is 1.62. The average molecular weight is 193 g/mol. The zero-order valence-electron chi connectivity index (χ0n) is 3.81. The van der Waals surface area contributed by atoms with E-state index in [1.165, 1.54) is 0 Å². The molecule has 0 fully saturated rings. The highest BCUT2D eigenvalue weighted by atomic mass is 79.9. The van der Waals surface area contributed by atoms with Crippen LogP contribution in [0.4, 0.5) is 0 Å². The molecular formula is C4H2BrClN2. The van der Waals surface area contributed by atoms with Crippen LogP contribution in [0.15, 0.2) is 17.0 Å². The zero-order chi connectivity index (χ0) is 5.98. The van der Waals surface area contributed by atoms with Crippen molar-refractivity contribution in [2.24, 2.45) is 0 Å². The van der Waals surface area contributed by atoms with E-state index in [9.17, 15) is 0 Å². The highest BCUT2D eigenvalue weighted by molar-refractivity contribution is 9.10. The van der Waals surface area contributed by atoms with Gasteiger partial charge in [0.25, 0.3) is 0 Å². The van der Waals surface area contributed by atoms with E-state index in [0.717, 1.165) is 0 Å². The molecule has 1 rings (SSSR count). The van der Waals surface area contributed by atoms with Crippen LogP contribution in [0.2, 0.25) is 5.15 Å². The molecule has 0 aliphatic carbocycles. The lowest BCUT2D eigenvalue weighted by Crippen LogP contribution is -1.78. The number of rotatable bonds is 0. The number of aromatic nitrogens is 2. The molecule has 1 aromatic rings. The number of hydrogen-bond acceptors (Lipinski definition) is 2. The van der Waals surface area contributed by atoms with Gasteiger partial charge in [-0.2, -0.15) is 0 Å². The van der Waals surface area contributed by atoms with Crippen LogP contribution >= 0.6 is 27.5 Å². The van der Waals surface area contributed by atoms with Crippen molar-refractivity contribution >= 4 is 27.5 Å². The maximum absolute atomic E-state index is 5.46. The quantitative estimate of drug-likeness (QED) is 0.464. The summed E-state index contributed by atoms with van der Waals surface area (Å²) in [4.78, 5) is 7.51. The Morgan fingerprint density at radius 1 is 1.62 bits per heavy atom. The first-order valence-electron chi connectivity index (χ1n) is 1.93. The second-order valence-electron chi connectivity index (χ2n) is 1.15. The Bertz CT molecular complexity index is 174. The van der Waals surface area contributed by atoms with E-state index in [2.05, 4.69) is 25.9 Å². The highest BCUT2D eigenvalue weighted by Gasteiger charge is 1.87. The molecule has 0 bridgehead atoms. The molecule has 42 valence electrons. The molecular weight excluding hydrogens is 191 g/mol. The Kier molecular flexibility index (Phi) is 1.81. The molecule has 2 nitrogen and oxygen atoms in total. The summed E-state index contributed by atoms with van der Waals surface area (Å²) in [6.45, 7) is 0. The van der Waals surface area contributed by atoms with E-state index in [1.807, 2.05) is 0 Å². The molecule has 8 heavy (non-hydrogen) atoms. The molecule has 1 heterocycles. The molecule has 0 amide bonds. The Labute approximate surface area is 60.0 Å². The van der Waals surface area contributed by atoms with Crippen LogP contribution in [0.3, 0.4) is 0 Å². The Balaban J connectivity index is 3.08. The van der Waals surface area contributed by atoms with Gasteiger partial charge in [-0.15, -0.1) is 0 Å². The topological polar surface area (TPSA) is 25.8 Å². The summed E-state index contributed by atoms with van der Waals surface area (Å²) < 4.78 is 0.519. The minimum absolute atomic E-state index is 0.451. The van der Waals surface area contributed by atoms with Crippen molar-refractivity contribution in [3.8, 4) is 0 Å². The third-order valence-corrected chi connectivity index (χ3v) is 1.18. The van der Waals surface area contributed by atoms with Gasteiger partial charge < -0.3 is 0 Å². The van der Waals surface area contributed by atoms with E-state index in [1.54, 1.807) is 12.3 Å². The van der Waals surface area contributed by atoms with Gasteiger partial charge in [-0.25, -0.2) is 9.97 Å². The summed E-state index contributed by atoms with van der Waals surface area (Å²) in [5.74, 6) is 0. The second-order valence-corrected chi connectivity index (χ2v) is 2.24. The molecule has 0 saturated carbocycles. The van der Waals surface area contributed by atoms with E-state index in [-0.39, 0.29) is 0 Å². The van der Waals surface area contributed by atoms with Gasteiger partial charge >= 0.3 is 0 Å². The van der Waals surface area contributed by atoms with Crippen molar-refractivity contribution in [2.45, 2.75) is 0 Å². The molecule has 0 aliphatic heterocycles. The fourth-order valence-corrected chi connectivity index (χ4v) is 0.862. The van der Waals surface area contributed by atoms with Crippen molar-refractivity contribution in [2.75, 3.05) is 0 Å². The molecule has 0 saturated heterocycles. The fraction of sp³-hybridized carbons (Fsp3) is 0. The first kappa shape index (κ1) is 5.98. The molecule has 0 atom stereocenters. The van der Waals surface area contributed by atoms with Gasteiger partial charge in [0.1, 0.15) is 5.15 Å². The predicted octanol–water partition coefficient (Wildman–Crippen LogP) is 1.89. The summed E-state index contributed by atoms with van der Waals surface area (Å²) in [5, 5.41) is 0.451. The molecule has 0 unspecified atom stereocenters. The molecule has 0 radical (unpaired) electrons. The van der Waals surface area contributed by atoms with Crippen molar-refractivity contribution in [1.82, 2.24) is 9.97 Å². The first-order valence-corrected chi connectivity index (χ1v) is 3.10. The summed E-state index contributed by atoms with van der Waals surface area (Å²) in [7, 11) is 0. The Hall–Kier alpha value is -0.150. The maximum atomic E-state index is 5.46. The van der Waals surface area contributed by atoms with Crippen LogP contribution in [0.25, 0.3) is 0 Å². The van der Waals surface area contributed by atoms with E-state index < -0.39 is 0 Å². The number of halogens is 2. The first-order chi connectivity index (χ1) is 3.79. The SMILES string of the molecule is Clc1ccnc(Br)n1. The monoisotopic (exact) mass is 192 g/mol. The van der Waals surface area contributed by atoms with Crippen molar-refractivity contribution < 1.29 is 0 Å². The fourth-order valence-electron chi connectivity index (χ4n) is 0.315. The lowest BCUT2D eigenvalue weighted by Gasteiger charge is -1.85. The minimum Gasteiger partial charge on any atom is -0.231 e. The third kappa shape index (κ3) is 1.42. The maximum Gasteiger partial charge on any atom is 0.197 e. The smallest absolute Gasteiger partial charge is 0.197 e. The summed E-state index contributed by atoms with van der Waals surface area (Å²) >= 11 is 8.52. The van der Waals surface area contributed by atoms with Crippen LogP contribution in [0.5, 0.6) is 0 Å². The Morgan fingerprint density at radius 2 is 2.38 bits per heavy atom. The van der Waals surface area contributed by atoms with E-state index >= 15 is 0 Å².